The normalized spacial score (nSPS) is 23.4. The van der Waals surface area contributed by atoms with Crippen LogP contribution in [0.15, 0.2) is 18.3 Å². The van der Waals surface area contributed by atoms with E-state index in [0.717, 1.165) is 13.1 Å². The van der Waals surface area contributed by atoms with Crippen molar-refractivity contribution in [2.45, 2.75) is 38.3 Å². The van der Waals surface area contributed by atoms with Gasteiger partial charge in [-0.1, -0.05) is 0 Å². The molecule has 0 aromatic carbocycles. The fourth-order valence-electron chi connectivity index (χ4n) is 2.46. The maximum absolute atomic E-state index is 11.8. The zero-order valence-electron chi connectivity index (χ0n) is 12.1. The standard InChI is InChI=1S/C14H23N3O2/c1-14(2,3)19-13(18)16-11-9-15-8-10(11)12-6-5-7-17(12)4/h5-7,10-11,15H,8-9H2,1-4H3,(H,16,18)/t10-,11-/m1/s1. The summed E-state index contributed by atoms with van der Waals surface area (Å²) in [5.74, 6) is 0.285. The highest BCUT2D eigenvalue weighted by molar-refractivity contribution is 5.68. The molecule has 0 spiro atoms. The zero-order chi connectivity index (χ0) is 14.0. The van der Waals surface area contributed by atoms with Gasteiger partial charge in [0.05, 0.1) is 6.04 Å². The van der Waals surface area contributed by atoms with Crippen LogP contribution in [-0.2, 0) is 11.8 Å². The van der Waals surface area contributed by atoms with Crippen LogP contribution < -0.4 is 10.6 Å². The summed E-state index contributed by atoms with van der Waals surface area (Å²) in [4.78, 5) is 11.8. The van der Waals surface area contributed by atoms with Gasteiger partial charge in [0.2, 0.25) is 0 Å². The fourth-order valence-corrected chi connectivity index (χ4v) is 2.46. The monoisotopic (exact) mass is 265 g/mol. The number of aryl methyl sites for hydroxylation is 1. The molecular formula is C14H23N3O2. The Morgan fingerprint density at radius 2 is 2.21 bits per heavy atom. The van der Waals surface area contributed by atoms with E-state index in [0.29, 0.717) is 0 Å². The number of amides is 1. The molecule has 5 nitrogen and oxygen atoms in total. The molecule has 1 aromatic heterocycles. The molecule has 5 heteroatoms. The number of nitrogens with one attached hydrogen (secondary N) is 2. The highest BCUT2D eigenvalue weighted by Gasteiger charge is 2.32. The van der Waals surface area contributed by atoms with Gasteiger partial charge in [0.15, 0.2) is 0 Å². The van der Waals surface area contributed by atoms with Crippen LogP contribution in [0.1, 0.15) is 32.4 Å². The molecule has 19 heavy (non-hydrogen) atoms. The quantitative estimate of drug-likeness (QED) is 0.854. The van der Waals surface area contributed by atoms with E-state index in [1.54, 1.807) is 0 Å². The number of nitrogens with zero attached hydrogens (tertiary/aromatic N) is 1. The Hall–Kier alpha value is -1.49. The number of alkyl carbamates (subject to hydrolysis) is 1. The number of rotatable bonds is 2. The van der Waals surface area contributed by atoms with Crippen molar-refractivity contribution in [1.82, 2.24) is 15.2 Å². The number of hydrogen-bond acceptors (Lipinski definition) is 3. The third-order valence-electron chi connectivity index (χ3n) is 3.28. The molecule has 2 N–H and O–H groups in total. The van der Waals surface area contributed by atoms with Crippen molar-refractivity contribution in [3.8, 4) is 0 Å². The molecule has 2 rings (SSSR count). The van der Waals surface area contributed by atoms with Crippen molar-refractivity contribution < 1.29 is 9.53 Å². The SMILES string of the molecule is Cn1cccc1[C@@H]1CNC[C@H]1NC(=O)OC(C)(C)C. The first-order valence-electron chi connectivity index (χ1n) is 6.68. The van der Waals surface area contributed by atoms with Crippen molar-refractivity contribution >= 4 is 6.09 Å². The summed E-state index contributed by atoms with van der Waals surface area (Å²) in [7, 11) is 2.03. The second-order valence-electron chi connectivity index (χ2n) is 6.06. The van der Waals surface area contributed by atoms with E-state index < -0.39 is 5.60 Å². The Labute approximate surface area is 114 Å². The van der Waals surface area contributed by atoms with Crippen LogP contribution in [0.2, 0.25) is 0 Å². The van der Waals surface area contributed by atoms with E-state index in [1.165, 1.54) is 5.69 Å². The van der Waals surface area contributed by atoms with Crippen molar-refractivity contribution in [1.29, 1.82) is 0 Å². The summed E-state index contributed by atoms with van der Waals surface area (Å²) >= 11 is 0. The average Bonchev–Trinajstić information content (AvgIpc) is 2.83. The Morgan fingerprint density at radius 3 is 2.79 bits per heavy atom. The molecule has 2 heterocycles. The van der Waals surface area contributed by atoms with Crippen LogP contribution in [0.5, 0.6) is 0 Å². The van der Waals surface area contributed by atoms with Crippen molar-refractivity contribution in [2.24, 2.45) is 7.05 Å². The molecule has 2 atom stereocenters. The molecule has 1 fully saturated rings. The van der Waals surface area contributed by atoms with Crippen LogP contribution in [0.3, 0.4) is 0 Å². The van der Waals surface area contributed by atoms with Crippen molar-refractivity contribution in [2.75, 3.05) is 13.1 Å². The number of carbonyl (C=O) groups is 1. The predicted molar refractivity (Wildman–Crippen MR) is 74.2 cm³/mol. The Balaban J connectivity index is 2.00. The number of aromatic nitrogens is 1. The Morgan fingerprint density at radius 1 is 1.47 bits per heavy atom. The second kappa shape index (κ2) is 5.25. The zero-order valence-corrected chi connectivity index (χ0v) is 12.1. The lowest BCUT2D eigenvalue weighted by Gasteiger charge is -2.24. The summed E-state index contributed by atoms with van der Waals surface area (Å²) in [6.07, 6.45) is 1.68. The highest BCUT2D eigenvalue weighted by Crippen LogP contribution is 2.23. The summed E-state index contributed by atoms with van der Waals surface area (Å²) < 4.78 is 7.41. The molecule has 1 amide bonds. The molecule has 0 saturated carbocycles. The van der Waals surface area contributed by atoms with E-state index in [4.69, 9.17) is 4.74 Å². The first kappa shape index (κ1) is 13.9. The van der Waals surface area contributed by atoms with Crippen LogP contribution >= 0.6 is 0 Å². The van der Waals surface area contributed by atoms with E-state index in [9.17, 15) is 4.79 Å². The Bertz CT molecular complexity index is 448. The van der Waals surface area contributed by atoms with Crippen LogP contribution in [0.4, 0.5) is 4.79 Å². The van der Waals surface area contributed by atoms with Gasteiger partial charge >= 0.3 is 6.09 Å². The molecule has 106 valence electrons. The van der Waals surface area contributed by atoms with E-state index >= 15 is 0 Å². The lowest BCUT2D eigenvalue weighted by atomic mass is 10.00. The minimum atomic E-state index is -0.462. The number of ether oxygens (including phenoxy) is 1. The summed E-state index contributed by atoms with van der Waals surface area (Å²) in [6, 6.07) is 4.20. The van der Waals surface area contributed by atoms with Gasteiger partial charge in [-0.2, -0.15) is 0 Å². The molecule has 1 aliphatic rings. The number of carbonyl (C=O) groups excluding carboxylic acids is 1. The summed E-state index contributed by atoms with van der Waals surface area (Å²) in [6.45, 7) is 7.25. The smallest absolute Gasteiger partial charge is 0.407 e. The van der Waals surface area contributed by atoms with Crippen LogP contribution in [-0.4, -0.2) is 35.4 Å². The lowest BCUT2D eigenvalue weighted by Crippen LogP contribution is -2.42. The summed E-state index contributed by atoms with van der Waals surface area (Å²) in [5, 5.41) is 6.29. The largest absolute Gasteiger partial charge is 0.444 e. The third-order valence-corrected chi connectivity index (χ3v) is 3.28. The maximum atomic E-state index is 11.8. The molecule has 1 aromatic rings. The first-order chi connectivity index (χ1) is 8.87. The van der Waals surface area contributed by atoms with E-state index in [2.05, 4.69) is 21.3 Å². The molecule has 0 unspecified atom stereocenters. The van der Waals surface area contributed by atoms with Crippen LogP contribution in [0.25, 0.3) is 0 Å². The third kappa shape index (κ3) is 3.50. The minimum absolute atomic E-state index is 0.0726. The first-order valence-corrected chi connectivity index (χ1v) is 6.68. The lowest BCUT2D eigenvalue weighted by molar-refractivity contribution is 0.0504. The van der Waals surface area contributed by atoms with Gasteiger partial charge in [-0.25, -0.2) is 4.79 Å². The van der Waals surface area contributed by atoms with Gasteiger partial charge in [0.25, 0.3) is 0 Å². The minimum Gasteiger partial charge on any atom is -0.444 e. The summed E-state index contributed by atoms with van der Waals surface area (Å²) in [5.41, 5.74) is 0.766. The molecule has 1 aliphatic heterocycles. The van der Waals surface area contributed by atoms with Gasteiger partial charge in [-0.15, -0.1) is 0 Å². The molecule has 0 radical (unpaired) electrons. The average molecular weight is 265 g/mol. The van der Waals surface area contributed by atoms with Gasteiger partial charge < -0.3 is 19.9 Å². The topological polar surface area (TPSA) is 55.3 Å². The highest BCUT2D eigenvalue weighted by atomic mass is 16.6. The van der Waals surface area contributed by atoms with Gasteiger partial charge in [0, 0.05) is 37.9 Å². The Kier molecular flexibility index (Phi) is 3.85. The fraction of sp³-hybridized carbons (Fsp3) is 0.643. The van der Waals surface area contributed by atoms with Crippen molar-refractivity contribution in [3.63, 3.8) is 0 Å². The molecule has 0 aliphatic carbocycles. The second-order valence-corrected chi connectivity index (χ2v) is 6.06. The molecule has 1 saturated heterocycles. The van der Waals surface area contributed by atoms with E-state index in [1.807, 2.05) is 40.1 Å². The molecular weight excluding hydrogens is 242 g/mol. The number of hydrogen-bond donors (Lipinski definition) is 2. The maximum Gasteiger partial charge on any atom is 0.407 e. The van der Waals surface area contributed by atoms with Gasteiger partial charge in [0.1, 0.15) is 5.60 Å². The van der Waals surface area contributed by atoms with Crippen molar-refractivity contribution in [3.05, 3.63) is 24.0 Å². The predicted octanol–water partition coefficient (Wildman–Crippen LogP) is 1.61. The van der Waals surface area contributed by atoms with Gasteiger partial charge in [-0.3, -0.25) is 0 Å². The molecule has 0 bridgehead atoms. The van der Waals surface area contributed by atoms with Gasteiger partial charge in [-0.05, 0) is 32.9 Å². The van der Waals surface area contributed by atoms with Crippen LogP contribution in [0, 0.1) is 0 Å². The van der Waals surface area contributed by atoms with E-state index in [-0.39, 0.29) is 18.1 Å².